The van der Waals surface area contributed by atoms with Crippen LogP contribution in [0.3, 0.4) is 0 Å². The van der Waals surface area contributed by atoms with Gasteiger partial charge in [-0.1, -0.05) is 344 Å². The van der Waals surface area contributed by atoms with Crippen molar-refractivity contribution in [2.75, 3.05) is 40.9 Å². The molecule has 0 spiro atoms. The summed E-state index contributed by atoms with van der Waals surface area (Å²) in [6.07, 6.45) is 90.5. The molecule has 3 atom stereocenters. The number of nitrogens with zero attached hydrogens (tertiary/aromatic N) is 1. The zero-order chi connectivity index (χ0) is 60.5. The Morgan fingerprint density at radius 3 is 1.06 bits per heavy atom. The van der Waals surface area contributed by atoms with E-state index in [4.69, 9.17) is 9.05 Å². The minimum atomic E-state index is -4.35. The Balaban J connectivity index is 4.00. The molecule has 0 radical (unpaired) electrons. The first-order valence-electron chi connectivity index (χ1n) is 35.8. The number of phosphoric ester groups is 1. The van der Waals surface area contributed by atoms with Crippen LogP contribution in [-0.2, 0) is 18.4 Å². The number of amides is 1. The van der Waals surface area contributed by atoms with Gasteiger partial charge in [-0.2, -0.15) is 0 Å². The molecule has 0 saturated heterocycles. The molecule has 83 heavy (non-hydrogen) atoms. The van der Waals surface area contributed by atoms with Crippen LogP contribution in [0.2, 0.25) is 0 Å². The fraction of sp³-hybridized carbons (Fsp3) is 0.824. The standard InChI is InChI=1S/C74H139N2O6P/c1-6-8-10-12-14-16-18-20-22-24-26-28-30-32-33-34-35-36-37-38-39-40-41-42-43-44-46-48-50-52-54-56-58-60-62-64-66-68-74(78)75-72(71-82-83(79,80)81-70-69-76(3,4)5)73(77)67-65-63-61-59-57-55-53-51-49-47-45-31-29-27-25-23-21-19-17-15-13-11-9-7-2/h8,10,14,16,20,22,26,28,32-33,65,67,72-73,77H,6-7,9,11-13,15,17-19,21,23-25,27,29-31,34-64,66,68-71H2,1-5H3,(H-,75,78,79,80)/p+1/b10-8-,16-14-,22-20-,28-26-,33-32-,67-65+. The van der Waals surface area contributed by atoms with Crippen LogP contribution in [0.25, 0.3) is 0 Å². The molecular weight excluding hydrogens is 1040 g/mol. The maximum absolute atomic E-state index is 13.1. The van der Waals surface area contributed by atoms with Crippen LogP contribution in [0.1, 0.15) is 341 Å². The van der Waals surface area contributed by atoms with Gasteiger partial charge in [-0.25, -0.2) is 4.57 Å². The quantitative estimate of drug-likeness (QED) is 0.0243. The van der Waals surface area contributed by atoms with Gasteiger partial charge in [-0.05, 0) is 64.2 Å². The number of hydrogen-bond acceptors (Lipinski definition) is 5. The zero-order valence-corrected chi connectivity index (χ0v) is 56.6. The first kappa shape index (κ1) is 80.9. The van der Waals surface area contributed by atoms with Gasteiger partial charge >= 0.3 is 7.82 Å². The second-order valence-corrected chi connectivity index (χ2v) is 27.0. The van der Waals surface area contributed by atoms with Gasteiger partial charge in [0.05, 0.1) is 39.9 Å². The lowest BCUT2D eigenvalue weighted by molar-refractivity contribution is -0.870. The molecule has 0 aliphatic heterocycles. The molecular formula is C74H140N2O6P+. The maximum atomic E-state index is 13.1. The molecule has 0 aromatic carbocycles. The van der Waals surface area contributed by atoms with Crippen LogP contribution in [-0.4, -0.2) is 73.4 Å². The Labute approximate surface area is 516 Å². The predicted molar refractivity (Wildman–Crippen MR) is 364 cm³/mol. The average Bonchev–Trinajstić information content (AvgIpc) is 3.50. The highest BCUT2D eigenvalue weighted by molar-refractivity contribution is 7.47. The number of nitrogens with one attached hydrogen (secondary N) is 1. The summed E-state index contributed by atoms with van der Waals surface area (Å²) in [5, 5.41) is 14.0. The zero-order valence-electron chi connectivity index (χ0n) is 55.7. The lowest BCUT2D eigenvalue weighted by atomic mass is 10.0. The molecule has 0 aromatic rings. The lowest BCUT2D eigenvalue weighted by Crippen LogP contribution is -2.45. The van der Waals surface area contributed by atoms with Crippen molar-refractivity contribution in [3.05, 3.63) is 72.9 Å². The number of allylic oxidation sites excluding steroid dienone is 11. The number of phosphoric acid groups is 1. The SMILES string of the molecule is CC/C=C\C/C=C\C/C=C\C/C=C\C/C=C\CCCCCCCCCCCCCCCCCCCCCCCC(=O)NC(COP(=O)(O)OCC[N+](C)(C)C)C(O)/C=C/CCCCCCCCCCCCCCCCCCCCCCCC. The second-order valence-electron chi connectivity index (χ2n) is 25.6. The van der Waals surface area contributed by atoms with Gasteiger partial charge in [0, 0.05) is 6.42 Å². The molecule has 0 bridgehead atoms. The Hall–Kier alpha value is -2.06. The Bertz CT molecular complexity index is 1580. The number of likely N-dealkylation sites (N-methyl/N-ethyl adjacent to an activating group) is 1. The molecule has 0 aromatic heterocycles. The van der Waals surface area contributed by atoms with E-state index in [1.54, 1.807) is 6.08 Å². The number of aliphatic hydroxyl groups excluding tert-OH is 1. The molecule has 0 heterocycles. The van der Waals surface area contributed by atoms with Crippen molar-refractivity contribution in [2.24, 2.45) is 0 Å². The van der Waals surface area contributed by atoms with Gasteiger partial charge in [0.2, 0.25) is 5.91 Å². The van der Waals surface area contributed by atoms with Gasteiger partial charge in [-0.15, -0.1) is 0 Å². The molecule has 486 valence electrons. The van der Waals surface area contributed by atoms with Gasteiger partial charge < -0.3 is 19.8 Å². The number of hydrogen-bond donors (Lipinski definition) is 3. The Kier molecular flexibility index (Phi) is 62.8. The minimum absolute atomic E-state index is 0.0620. The highest BCUT2D eigenvalue weighted by atomic mass is 31.2. The second kappa shape index (κ2) is 64.4. The molecule has 3 N–H and O–H groups in total. The average molecular weight is 1180 g/mol. The number of quaternary nitrogens is 1. The number of carbonyl (C=O) groups is 1. The summed E-state index contributed by atoms with van der Waals surface area (Å²) in [6, 6.07) is -0.849. The van der Waals surface area contributed by atoms with Crippen molar-refractivity contribution in [2.45, 2.75) is 353 Å². The molecule has 0 rings (SSSR count). The van der Waals surface area contributed by atoms with E-state index in [1.807, 2.05) is 27.2 Å². The number of rotatable bonds is 66. The largest absolute Gasteiger partial charge is 0.472 e. The summed E-state index contributed by atoms with van der Waals surface area (Å²) in [5.41, 5.74) is 0. The molecule has 0 fully saturated rings. The van der Waals surface area contributed by atoms with Crippen LogP contribution in [0, 0.1) is 0 Å². The number of unbranched alkanes of at least 4 members (excludes halogenated alkanes) is 43. The molecule has 0 aliphatic rings. The van der Waals surface area contributed by atoms with Crippen molar-refractivity contribution in [3.8, 4) is 0 Å². The molecule has 3 unspecified atom stereocenters. The highest BCUT2D eigenvalue weighted by Crippen LogP contribution is 2.43. The van der Waals surface area contributed by atoms with Crippen LogP contribution in [0.4, 0.5) is 0 Å². The van der Waals surface area contributed by atoms with Crippen molar-refractivity contribution in [1.29, 1.82) is 0 Å². The van der Waals surface area contributed by atoms with E-state index >= 15 is 0 Å². The van der Waals surface area contributed by atoms with Crippen LogP contribution in [0.5, 0.6) is 0 Å². The summed E-state index contributed by atoms with van der Waals surface area (Å²) in [5.74, 6) is -0.171. The van der Waals surface area contributed by atoms with Crippen molar-refractivity contribution >= 4 is 13.7 Å². The number of aliphatic hydroxyl groups is 1. The molecule has 0 aliphatic carbocycles. The van der Waals surface area contributed by atoms with Crippen LogP contribution < -0.4 is 5.32 Å². The van der Waals surface area contributed by atoms with Crippen molar-refractivity contribution < 1.29 is 32.9 Å². The summed E-state index contributed by atoms with van der Waals surface area (Å²) >= 11 is 0. The van der Waals surface area contributed by atoms with Crippen molar-refractivity contribution in [3.63, 3.8) is 0 Å². The third-order valence-corrected chi connectivity index (χ3v) is 17.2. The van der Waals surface area contributed by atoms with Gasteiger partial charge in [0.15, 0.2) is 0 Å². The normalized spacial score (nSPS) is 14.1. The van der Waals surface area contributed by atoms with E-state index < -0.39 is 20.0 Å². The Morgan fingerprint density at radius 1 is 0.422 bits per heavy atom. The van der Waals surface area contributed by atoms with E-state index in [-0.39, 0.29) is 19.1 Å². The summed E-state index contributed by atoms with van der Waals surface area (Å²) < 4.78 is 23.8. The van der Waals surface area contributed by atoms with E-state index in [0.717, 1.165) is 70.6 Å². The number of carbonyl (C=O) groups excluding carboxylic acids is 1. The van der Waals surface area contributed by atoms with Crippen LogP contribution in [0.15, 0.2) is 72.9 Å². The van der Waals surface area contributed by atoms with E-state index in [9.17, 15) is 19.4 Å². The monoisotopic (exact) mass is 1180 g/mol. The van der Waals surface area contributed by atoms with Crippen LogP contribution >= 0.6 is 7.82 Å². The fourth-order valence-electron chi connectivity index (χ4n) is 10.7. The van der Waals surface area contributed by atoms with E-state index in [1.165, 1.54) is 250 Å². The third kappa shape index (κ3) is 67.3. The smallest absolute Gasteiger partial charge is 0.387 e. The molecule has 0 saturated carbocycles. The highest BCUT2D eigenvalue weighted by Gasteiger charge is 2.28. The fourth-order valence-corrected chi connectivity index (χ4v) is 11.4. The van der Waals surface area contributed by atoms with Gasteiger partial charge in [0.1, 0.15) is 13.2 Å². The summed E-state index contributed by atoms with van der Waals surface area (Å²) in [4.78, 5) is 23.4. The molecule has 8 nitrogen and oxygen atoms in total. The maximum Gasteiger partial charge on any atom is 0.472 e. The lowest BCUT2D eigenvalue weighted by Gasteiger charge is -2.25. The Morgan fingerprint density at radius 2 is 0.723 bits per heavy atom. The van der Waals surface area contributed by atoms with E-state index in [0.29, 0.717) is 17.4 Å². The summed E-state index contributed by atoms with van der Waals surface area (Å²) in [7, 11) is 1.58. The van der Waals surface area contributed by atoms with Gasteiger partial charge in [-0.3, -0.25) is 13.8 Å². The first-order chi connectivity index (χ1) is 40.5. The van der Waals surface area contributed by atoms with Gasteiger partial charge in [0.25, 0.3) is 0 Å². The topological polar surface area (TPSA) is 105 Å². The van der Waals surface area contributed by atoms with E-state index in [2.05, 4.69) is 79.9 Å². The summed E-state index contributed by atoms with van der Waals surface area (Å²) in [6.45, 7) is 4.75. The molecule has 1 amide bonds. The molecule has 9 heteroatoms. The first-order valence-corrected chi connectivity index (χ1v) is 37.3. The van der Waals surface area contributed by atoms with Crippen molar-refractivity contribution in [1.82, 2.24) is 5.32 Å². The third-order valence-electron chi connectivity index (χ3n) is 16.2. The predicted octanol–water partition coefficient (Wildman–Crippen LogP) is 22.9. The minimum Gasteiger partial charge on any atom is -0.387 e.